The lowest BCUT2D eigenvalue weighted by Crippen LogP contribution is -2.46. The maximum absolute atomic E-state index is 6.16. The van der Waals surface area contributed by atoms with Gasteiger partial charge in [-0.15, -0.1) is 10.2 Å². The van der Waals surface area contributed by atoms with Crippen molar-refractivity contribution in [1.29, 1.82) is 0 Å². The van der Waals surface area contributed by atoms with Crippen LogP contribution < -0.4 is 4.90 Å². The monoisotopic (exact) mass is 285 g/mol. The first kappa shape index (κ1) is 11.7. The normalized spacial score (nSPS) is 15.6. The second-order valence-electron chi connectivity index (χ2n) is 4.90. The first-order chi connectivity index (χ1) is 9.83. The summed E-state index contributed by atoms with van der Waals surface area (Å²) in [4.78, 5) is 6.49. The molecule has 6 heteroatoms. The van der Waals surface area contributed by atoms with Crippen LogP contribution in [0.2, 0.25) is 5.02 Å². The summed E-state index contributed by atoms with van der Waals surface area (Å²) in [5.41, 5.74) is 0.886. The van der Waals surface area contributed by atoms with Crippen molar-refractivity contribution in [1.82, 2.24) is 19.6 Å². The number of anilines is 1. The minimum Gasteiger partial charge on any atom is -0.354 e. The number of aromatic nitrogens is 4. The number of nitrogens with zero attached hydrogens (tertiary/aromatic N) is 5. The zero-order valence-corrected chi connectivity index (χ0v) is 11.4. The van der Waals surface area contributed by atoms with Gasteiger partial charge in [0.2, 0.25) is 0 Å². The van der Waals surface area contributed by atoms with Gasteiger partial charge in [-0.05, 0) is 24.3 Å². The minimum absolute atomic E-state index is 0.366. The molecule has 1 aliphatic rings. The van der Waals surface area contributed by atoms with Crippen molar-refractivity contribution in [2.45, 2.75) is 5.92 Å². The van der Waals surface area contributed by atoms with Crippen LogP contribution >= 0.6 is 11.6 Å². The average molecular weight is 286 g/mol. The van der Waals surface area contributed by atoms with E-state index in [4.69, 9.17) is 11.6 Å². The Labute approximate surface area is 120 Å². The molecular formula is C14H12ClN5. The predicted octanol–water partition coefficient (Wildman–Crippen LogP) is 2.38. The van der Waals surface area contributed by atoms with Gasteiger partial charge < -0.3 is 4.90 Å². The summed E-state index contributed by atoms with van der Waals surface area (Å²) in [5, 5.41) is 9.18. The van der Waals surface area contributed by atoms with Gasteiger partial charge in [-0.1, -0.05) is 17.7 Å². The quantitative estimate of drug-likeness (QED) is 0.725. The molecule has 1 aliphatic heterocycles. The lowest BCUT2D eigenvalue weighted by atomic mass is 9.99. The Morgan fingerprint density at radius 1 is 1.10 bits per heavy atom. The standard InChI is InChI=1S/C14H12ClN5/c15-11-4-3-6-16-14(11)19-8-10(9-19)13-18-17-12-5-1-2-7-20(12)13/h1-7,10H,8-9H2. The molecule has 4 rings (SSSR count). The van der Waals surface area contributed by atoms with Gasteiger partial charge in [-0.2, -0.15) is 0 Å². The lowest BCUT2D eigenvalue weighted by molar-refractivity contribution is 0.493. The van der Waals surface area contributed by atoms with Gasteiger partial charge in [0.15, 0.2) is 5.65 Å². The van der Waals surface area contributed by atoms with Gasteiger partial charge >= 0.3 is 0 Å². The van der Waals surface area contributed by atoms with E-state index in [1.54, 1.807) is 6.20 Å². The number of hydrogen-bond acceptors (Lipinski definition) is 4. The molecule has 0 bridgehead atoms. The first-order valence-electron chi connectivity index (χ1n) is 6.48. The van der Waals surface area contributed by atoms with Crippen molar-refractivity contribution in [3.05, 3.63) is 53.6 Å². The van der Waals surface area contributed by atoms with Crippen LogP contribution in [0.5, 0.6) is 0 Å². The fraction of sp³-hybridized carbons (Fsp3) is 0.214. The number of pyridine rings is 2. The topological polar surface area (TPSA) is 46.3 Å². The number of hydrogen-bond donors (Lipinski definition) is 0. The highest BCUT2D eigenvalue weighted by molar-refractivity contribution is 6.32. The highest BCUT2D eigenvalue weighted by Crippen LogP contribution is 2.33. The van der Waals surface area contributed by atoms with Crippen molar-refractivity contribution in [3.63, 3.8) is 0 Å². The summed E-state index contributed by atoms with van der Waals surface area (Å²) in [6.07, 6.45) is 3.77. The Bertz CT molecular complexity index is 763. The van der Waals surface area contributed by atoms with Crippen LogP contribution in [-0.2, 0) is 0 Å². The van der Waals surface area contributed by atoms with Gasteiger partial charge in [0.1, 0.15) is 11.6 Å². The number of fused-ring (bicyclic) bond motifs is 1. The van der Waals surface area contributed by atoms with Crippen molar-refractivity contribution in [2.24, 2.45) is 0 Å². The van der Waals surface area contributed by atoms with Crippen molar-refractivity contribution in [3.8, 4) is 0 Å². The van der Waals surface area contributed by atoms with Crippen LogP contribution in [-0.4, -0.2) is 32.7 Å². The molecule has 0 radical (unpaired) electrons. The average Bonchev–Trinajstić information content (AvgIpc) is 2.83. The van der Waals surface area contributed by atoms with Crippen LogP contribution in [0, 0.1) is 0 Å². The van der Waals surface area contributed by atoms with E-state index in [9.17, 15) is 0 Å². The van der Waals surface area contributed by atoms with Crippen LogP contribution in [0.1, 0.15) is 11.7 Å². The summed E-state index contributed by atoms with van der Waals surface area (Å²) >= 11 is 6.16. The molecule has 0 aliphatic carbocycles. The smallest absolute Gasteiger partial charge is 0.160 e. The third-order valence-corrected chi connectivity index (χ3v) is 3.92. The van der Waals surface area contributed by atoms with E-state index >= 15 is 0 Å². The Morgan fingerprint density at radius 2 is 2.00 bits per heavy atom. The Morgan fingerprint density at radius 3 is 2.85 bits per heavy atom. The molecule has 5 nitrogen and oxygen atoms in total. The molecule has 100 valence electrons. The summed E-state index contributed by atoms with van der Waals surface area (Å²) in [5.74, 6) is 2.22. The zero-order chi connectivity index (χ0) is 13.5. The van der Waals surface area contributed by atoms with Crippen LogP contribution in [0.3, 0.4) is 0 Å². The second-order valence-corrected chi connectivity index (χ2v) is 5.30. The second kappa shape index (κ2) is 4.45. The van der Waals surface area contributed by atoms with Crippen molar-refractivity contribution < 1.29 is 0 Å². The fourth-order valence-corrected chi connectivity index (χ4v) is 2.80. The Balaban J connectivity index is 1.58. The van der Waals surface area contributed by atoms with Crippen molar-refractivity contribution >= 4 is 23.1 Å². The van der Waals surface area contributed by atoms with E-state index in [2.05, 4.69) is 20.1 Å². The molecule has 3 aromatic rings. The molecule has 3 aromatic heterocycles. The fourth-order valence-electron chi connectivity index (χ4n) is 2.56. The number of rotatable bonds is 2. The molecule has 0 unspecified atom stereocenters. The predicted molar refractivity (Wildman–Crippen MR) is 77.2 cm³/mol. The Hall–Kier alpha value is -2.14. The van der Waals surface area contributed by atoms with Gasteiger partial charge in [0.05, 0.1) is 10.9 Å². The maximum Gasteiger partial charge on any atom is 0.160 e. The summed E-state index contributed by atoms with van der Waals surface area (Å²) in [6, 6.07) is 9.63. The van der Waals surface area contributed by atoms with E-state index < -0.39 is 0 Å². The van der Waals surface area contributed by atoms with Gasteiger partial charge in [0, 0.05) is 25.5 Å². The van der Waals surface area contributed by atoms with Crippen LogP contribution in [0.25, 0.3) is 5.65 Å². The highest BCUT2D eigenvalue weighted by Gasteiger charge is 2.33. The Kier molecular flexibility index (Phi) is 2.60. The summed E-state index contributed by atoms with van der Waals surface area (Å²) in [6.45, 7) is 1.73. The third kappa shape index (κ3) is 1.74. The van der Waals surface area contributed by atoms with Crippen molar-refractivity contribution in [2.75, 3.05) is 18.0 Å². The molecular weight excluding hydrogens is 274 g/mol. The van der Waals surface area contributed by atoms with E-state index in [1.165, 1.54) is 0 Å². The first-order valence-corrected chi connectivity index (χ1v) is 6.86. The molecule has 1 saturated heterocycles. The van der Waals surface area contributed by atoms with Gasteiger partial charge in [-0.25, -0.2) is 4.98 Å². The van der Waals surface area contributed by atoms with E-state index in [1.807, 2.05) is 40.9 Å². The van der Waals surface area contributed by atoms with Crippen LogP contribution in [0.15, 0.2) is 42.7 Å². The molecule has 4 heterocycles. The van der Waals surface area contributed by atoms with E-state index in [0.29, 0.717) is 10.9 Å². The molecule has 0 N–H and O–H groups in total. The largest absolute Gasteiger partial charge is 0.354 e. The molecule has 0 spiro atoms. The number of halogens is 1. The van der Waals surface area contributed by atoms with E-state index in [0.717, 1.165) is 30.4 Å². The molecule has 20 heavy (non-hydrogen) atoms. The van der Waals surface area contributed by atoms with Gasteiger partial charge in [0.25, 0.3) is 0 Å². The lowest BCUT2D eigenvalue weighted by Gasteiger charge is -2.39. The zero-order valence-electron chi connectivity index (χ0n) is 10.6. The molecule has 0 aromatic carbocycles. The van der Waals surface area contributed by atoms with E-state index in [-0.39, 0.29) is 0 Å². The SMILES string of the molecule is Clc1cccnc1N1CC(c2nnc3ccccn23)C1. The maximum atomic E-state index is 6.16. The molecule has 1 fully saturated rings. The minimum atomic E-state index is 0.366. The molecule has 0 saturated carbocycles. The van der Waals surface area contributed by atoms with Gasteiger partial charge in [-0.3, -0.25) is 4.40 Å². The molecule has 0 amide bonds. The summed E-state index contributed by atoms with van der Waals surface area (Å²) < 4.78 is 2.04. The molecule has 0 atom stereocenters. The van der Waals surface area contributed by atoms with Crippen LogP contribution in [0.4, 0.5) is 5.82 Å². The third-order valence-electron chi connectivity index (χ3n) is 3.63. The summed E-state index contributed by atoms with van der Waals surface area (Å²) in [7, 11) is 0. The highest BCUT2D eigenvalue weighted by atomic mass is 35.5.